The van der Waals surface area contributed by atoms with Crippen LogP contribution in [0.4, 0.5) is 5.69 Å². The van der Waals surface area contributed by atoms with E-state index >= 15 is 0 Å². The summed E-state index contributed by atoms with van der Waals surface area (Å²) >= 11 is 13.6. The van der Waals surface area contributed by atoms with Gasteiger partial charge in [-0.25, -0.2) is 4.98 Å². The molecular weight excluding hydrogens is 525 g/mol. The maximum atomic E-state index is 12.7. The van der Waals surface area contributed by atoms with Crippen molar-refractivity contribution in [3.05, 3.63) is 102 Å². The number of thioether (sulfide) groups is 1. The molecule has 0 spiro atoms. The monoisotopic (exact) mass is 545 g/mol. The van der Waals surface area contributed by atoms with E-state index in [1.54, 1.807) is 24.3 Å². The Morgan fingerprint density at radius 2 is 1.70 bits per heavy atom. The van der Waals surface area contributed by atoms with E-state index in [0.717, 1.165) is 27.7 Å². The van der Waals surface area contributed by atoms with Crippen LogP contribution in [-0.4, -0.2) is 31.4 Å². The van der Waals surface area contributed by atoms with Crippen molar-refractivity contribution in [2.45, 2.75) is 11.7 Å². The van der Waals surface area contributed by atoms with E-state index in [-0.39, 0.29) is 11.7 Å². The third-order valence-corrected chi connectivity index (χ3v) is 7.21. The molecular formula is C28H21Cl2N5OS. The lowest BCUT2D eigenvalue weighted by atomic mass is 10.0. The third kappa shape index (κ3) is 5.39. The fraction of sp³-hybridized carbons (Fsp3) is 0.0714. The number of pyridine rings is 1. The topological polar surface area (TPSA) is 72.7 Å². The number of halogens is 2. The summed E-state index contributed by atoms with van der Waals surface area (Å²) in [6.45, 7) is 4.37. The molecule has 37 heavy (non-hydrogen) atoms. The van der Waals surface area contributed by atoms with Crippen molar-refractivity contribution in [2.75, 3.05) is 11.1 Å². The van der Waals surface area contributed by atoms with E-state index in [2.05, 4.69) is 22.1 Å². The fourth-order valence-corrected chi connectivity index (χ4v) is 5.17. The summed E-state index contributed by atoms with van der Waals surface area (Å²) in [6.07, 6.45) is 1.78. The second kappa shape index (κ2) is 11.2. The molecule has 0 radical (unpaired) electrons. The number of aromatic nitrogens is 4. The van der Waals surface area contributed by atoms with Gasteiger partial charge >= 0.3 is 0 Å². The van der Waals surface area contributed by atoms with Crippen molar-refractivity contribution in [1.29, 1.82) is 0 Å². The first-order valence-corrected chi connectivity index (χ1v) is 13.2. The van der Waals surface area contributed by atoms with Crippen molar-refractivity contribution in [3.63, 3.8) is 0 Å². The molecule has 2 aromatic heterocycles. The Labute approximate surface area is 228 Å². The third-order valence-electron chi connectivity index (χ3n) is 5.61. The maximum Gasteiger partial charge on any atom is 0.234 e. The first-order valence-electron chi connectivity index (χ1n) is 11.4. The molecule has 2 heterocycles. The normalized spacial score (nSPS) is 11.0. The minimum Gasteiger partial charge on any atom is -0.323 e. The molecule has 1 amide bonds. The van der Waals surface area contributed by atoms with Gasteiger partial charge in [-0.1, -0.05) is 95.6 Å². The number of fused-ring (bicyclic) bond motifs is 1. The summed E-state index contributed by atoms with van der Waals surface area (Å²) in [4.78, 5) is 17.5. The molecule has 0 bridgehead atoms. The van der Waals surface area contributed by atoms with Gasteiger partial charge in [0.05, 0.1) is 32.7 Å². The zero-order valence-corrected chi connectivity index (χ0v) is 21.9. The Morgan fingerprint density at radius 3 is 2.46 bits per heavy atom. The predicted molar refractivity (Wildman–Crippen MR) is 152 cm³/mol. The highest BCUT2D eigenvalue weighted by Crippen LogP contribution is 2.34. The van der Waals surface area contributed by atoms with Crippen LogP contribution in [-0.2, 0) is 11.3 Å². The SMILES string of the molecule is C=CCn1c(SCC(=O)Nc2c(Cl)cccc2Cl)nnc1-c1cc(-c2ccccc2)nc2ccccc12. The number of benzene rings is 3. The number of rotatable bonds is 8. The average molecular weight is 546 g/mol. The smallest absolute Gasteiger partial charge is 0.234 e. The van der Waals surface area contributed by atoms with Gasteiger partial charge in [-0.05, 0) is 24.3 Å². The van der Waals surface area contributed by atoms with Gasteiger partial charge in [0.25, 0.3) is 0 Å². The fourth-order valence-electron chi connectivity index (χ4n) is 3.93. The molecule has 6 nitrogen and oxygen atoms in total. The maximum absolute atomic E-state index is 12.7. The second-order valence-electron chi connectivity index (χ2n) is 8.08. The second-order valence-corrected chi connectivity index (χ2v) is 9.83. The van der Waals surface area contributed by atoms with Crippen molar-refractivity contribution >= 4 is 57.5 Å². The summed E-state index contributed by atoms with van der Waals surface area (Å²) in [7, 11) is 0. The number of nitrogens with one attached hydrogen (secondary N) is 1. The van der Waals surface area contributed by atoms with E-state index in [4.69, 9.17) is 28.2 Å². The molecule has 184 valence electrons. The number of allylic oxidation sites excluding steroid dienone is 1. The first-order chi connectivity index (χ1) is 18.0. The predicted octanol–water partition coefficient (Wildman–Crippen LogP) is 7.38. The van der Waals surface area contributed by atoms with Crippen molar-refractivity contribution in [1.82, 2.24) is 19.7 Å². The van der Waals surface area contributed by atoms with Gasteiger partial charge in [0.1, 0.15) is 0 Å². The molecule has 0 atom stereocenters. The molecule has 0 saturated heterocycles. The van der Waals surface area contributed by atoms with Gasteiger partial charge in [0, 0.05) is 23.1 Å². The number of hydrogen-bond donors (Lipinski definition) is 1. The lowest BCUT2D eigenvalue weighted by molar-refractivity contribution is -0.113. The quantitative estimate of drug-likeness (QED) is 0.162. The number of carbonyl (C=O) groups is 1. The van der Waals surface area contributed by atoms with Crippen LogP contribution < -0.4 is 5.32 Å². The summed E-state index contributed by atoms with van der Waals surface area (Å²) in [5.74, 6) is 0.520. The zero-order chi connectivity index (χ0) is 25.8. The van der Waals surface area contributed by atoms with Crippen LogP contribution in [0.2, 0.25) is 10.0 Å². The highest BCUT2D eigenvalue weighted by atomic mass is 35.5. The molecule has 0 aliphatic rings. The number of hydrogen-bond acceptors (Lipinski definition) is 5. The molecule has 0 aliphatic heterocycles. The number of anilines is 1. The molecule has 0 saturated carbocycles. The average Bonchev–Trinajstić information content (AvgIpc) is 3.32. The lowest BCUT2D eigenvalue weighted by Gasteiger charge is -2.12. The summed E-state index contributed by atoms with van der Waals surface area (Å²) in [5.41, 5.74) is 4.00. The molecule has 5 aromatic rings. The first kappa shape index (κ1) is 25.0. The Balaban J connectivity index is 1.48. The molecule has 3 aromatic carbocycles. The van der Waals surface area contributed by atoms with E-state index in [9.17, 15) is 4.79 Å². The highest BCUT2D eigenvalue weighted by molar-refractivity contribution is 7.99. The van der Waals surface area contributed by atoms with Crippen LogP contribution in [0.5, 0.6) is 0 Å². The molecule has 5 rings (SSSR count). The zero-order valence-electron chi connectivity index (χ0n) is 19.6. The highest BCUT2D eigenvalue weighted by Gasteiger charge is 2.19. The van der Waals surface area contributed by atoms with Crippen LogP contribution in [0.25, 0.3) is 33.5 Å². The minimum absolute atomic E-state index is 0.100. The van der Waals surface area contributed by atoms with E-state index in [1.165, 1.54) is 11.8 Å². The lowest BCUT2D eigenvalue weighted by Crippen LogP contribution is -2.15. The van der Waals surface area contributed by atoms with Crippen LogP contribution in [0.15, 0.2) is 96.7 Å². The molecule has 1 N–H and O–H groups in total. The summed E-state index contributed by atoms with van der Waals surface area (Å²) in [5, 5.41) is 14.0. The van der Waals surface area contributed by atoms with E-state index < -0.39 is 0 Å². The van der Waals surface area contributed by atoms with Crippen LogP contribution in [0, 0.1) is 0 Å². The number of amides is 1. The molecule has 0 fully saturated rings. The van der Waals surface area contributed by atoms with Gasteiger partial charge in [0.2, 0.25) is 5.91 Å². The summed E-state index contributed by atoms with van der Waals surface area (Å²) < 4.78 is 1.95. The molecule has 9 heteroatoms. The Bertz CT molecular complexity index is 1580. The summed E-state index contributed by atoms with van der Waals surface area (Å²) in [6, 6.07) is 25.1. The van der Waals surface area contributed by atoms with Crippen LogP contribution >= 0.6 is 35.0 Å². The Hall–Kier alpha value is -3.65. The van der Waals surface area contributed by atoms with Crippen molar-refractivity contribution in [2.24, 2.45) is 0 Å². The van der Waals surface area contributed by atoms with Crippen LogP contribution in [0.1, 0.15) is 0 Å². The van der Waals surface area contributed by atoms with Crippen molar-refractivity contribution in [3.8, 4) is 22.6 Å². The van der Waals surface area contributed by atoms with Gasteiger partial charge < -0.3 is 5.32 Å². The van der Waals surface area contributed by atoms with Gasteiger partial charge in [-0.3, -0.25) is 9.36 Å². The molecule has 0 unspecified atom stereocenters. The van der Waals surface area contributed by atoms with Crippen molar-refractivity contribution < 1.29 is 4.79 Å². The standard InChI is InChI=1S/C28H21Cl2N5OS/c1-2-15-35-27(33-34-28(35)37-17-25(36)32-26-21(29)12-8-13-22(26)30)20-16-24(18-9-4-3-5-10-18)31-23-14-7-6-11-19(20)23/h2-14,16H,1,15,17H2,(H,32,36). The number of carbonyl (C=O) groups excluding carboxylic acids is 1. The van der Waals surface area contributed by atoms with E-state index in [0.29, 0.717) is 33.3 Å². The number of para-hydroxylation sites is 2. The van der Waals surface area contributed by atoms with Gasteiger partial charge in [0.15, 0.2) is 11.0 Å². The van der Waals surface area contributed by atoms with Crippen LogP contribution in [0.3, 0.4) is 0 Å². The van der Waals surface area contributed by atoms with Gasteiger partial charge in [-0.2, -0.15) is 0 Å². The van der Waals surface area contributed by atoms with E-state index in [1.807, 2.05) is 65.2 Å². The number of nitrogens with zero attached hydrogens (tertiary/aromatic N) is 4. The minimum atomic E-state index is -0.254. The largest absolute Gasteiger partial charge is 0.323 e. The Morgan fingerprint density at radius 1 is 0.973 bits per heavy atom. The Kier molecular flexibility index (Phi) is 7.55. The molecule has 0 aliphatic carbocycles. The van der Waals surface area contributed by atoms with Gasteiger partial charge in [-0.15, -0.1) is 16.8 Å².